The van der Waals surface area contributed by atoms with Crippen molar-refractivity contribution in [3.05, 3.63) is 0 Å². The molecule has 1 aliphatic rings. The van der Waals surface area contributed by atoms with Gasteiger partial charge in [0.1, 0.15) is 6.29 Å². The molecule has 0 unspecified atom stereocenters. The van der Waals surface area contributed by atoms with Crippen molar-refractivity contribution in [1.29, 1.82) is 0 Å². The fraction of sp³-hybridized carbons (Fsp3) is 0.778. The van der Waals surface area contributed by atoms with Crippen LogP contribution in [0.4, 0.5) is 0 Å². The summed E-state index contributed by atoms with van der Waals surface area (Å²) in [6.45, 7) is 3.79. The van der Waals surface area contributed by atoms with Crippen LogP contribution in [0.3, 0.4) is 0 Å². The molecule has 1 rings (SSSR count). The van der Waals surface area contributed by atoms with Crippen molar-refractivity contribution in [2.24, 2.45) is 0 Å². The molecular formula is C18H32N4O7. The first kappa shape index (κ1) is 25.0. The summed E-state index contributed by atoms with van der Waals surface area (Å²) in [5.74, 6) is -2.83. The van der Waals surface area contributed by atoms with Gasteiger partial charge in [0.05, 0.1) is 26.2 Å². The quantitative estimate of drug-likeness (QED) is 0.395. The SMILES string of the molecule is O=CCN1CCCN(CC(=O)O)CCN(CC(=O)O)CCCN(CC(=O)O)CC1. The lowest BCUT2D eigenvalue weighted by molar-refractivity contribution is -0.140. The second-order valence-corrected chi connectivity index (χ2v) is 7.18. The van der Waals surface area contributed by atoms with E-state index in [1.807, 2.05) is 4.90 Å². The molecule has 0 atom stereocenters. The van der Waals surface area contributed by atoms with Crippen molar-refractivity contribution in [2.75, 3.05) is 78.5 Å². The van der Waals surface area contributed by atoms with Gasteiger partial charge in [-0.15, -0.1) is 0 Å². The van der Waals surface area contributed by atoms with Crippen molar-refractivity contribution >= 4 is 24.2 Å². The molecule has 0 amide bonds. The number of rotatable bonds is 8. The van der Waals surface area contributed by atoms with Crippen LogP contribution in [0.15, 0.2) is 0 Å². The lowest BCUT2D eigenvalue weighted by atomic mass is 10.2. The van der Waals surface area contributed by atoms with Crippen LogP contribution in [0.2, 0.25) is 0 Å². The van der Waals surface area contributed by atoms with Crippen LogP contribution in [0.1, 0.15) is 12.8 Å². The second kappa shape index (κ2) is 14.0. The second-order valence-electron chi connectivity index (χ2n) is 7.18. The third-order valence-electron chi connectivity index (χ3n) is 4.77. The molecule has 0 saturated carbocycles. The van der Waals surface area contributed by atoms with Crippen LogP contribution in [0.25, 0.3) is 0 Å². The van der Waals surface area contributed by atoms with E-state index in [1.165, 1.54) is 0 Å². The van der Waals surface area contributed by atoms with E-state index in [9.17, 15) is 19.2 Å². The molecule has 1 aliphatic heterocycles. The highest BCUT2D eigenvalue weighted by Gasteiger charge is 2.18. The summed E-state index contributed by atoms with van der Waals surface area (Å²) in [4.78, 5) is 51.6. The van der Waals surface area contributed by atoms with Gasteiger partial charge in [0, 0.05) is 45.8 Å². The molecule has 3 N–H and O–H groups in total. The molecule has 1 saturated heterocycles. The highest BCUT2D eigenvalue weighted by Crippen LogP contribution is 2.03. The first-order valence-corrected chi connectivity index (χ1v) is 9.78. The van der Waals surface area contributed by atoms with E-state index in [1.54, 1.807) is 14.7 Å². The first-order chi connectivity index (χ1) is 13.8. The van der Waals surface area contributed by atoms with Crippen LogP contribution in [0, 0.1) is 0 Å². The van der Waals surface area contributed by atoms with Crippen molar-refractivity contribution in [3.8, 4) is 0 Å². The lowest BCUT2D eigenvalue weighted by Crippen LogP contribution is -2.44. The van der Waals surface area contributed by atoms with E-state index < -0.39 is 17.9 Å². The molecule has 29 heavy (non-hydrogen) atoms. The fourth-order valence-corrected chi connectivity index (χ4v) is 3.38. The molecule has 0 aromatic rings. The Balaban J connectivity index is 2.84. The lowest BCUT2D eigenvalue weighted by Gasteiger charge is -2.30. The summed E-state index contributed by atoms with van der Waals surface area (Å²) in [5, 5.41) is 27.4. The number of hydrogen-bond donors (Lipinski definition) is 3. The van der Waals surface area contributed by atoms with Crippen LogP contribution in [-0.4, -0.2) is 138 Å². The molecular weight excluding hydrogens is 384 g/mol. The Bertz CT molecular complexity index is 546. The van der Waals surface area contributed by atoms with E-state index in [0.717, 1.165) is 6.29 Å². The van der Waals surface area contributed by atoms with Crippen LogP contribution < -0.4 is 0 Å². The fourth-order valence-electron chi connectivity index (χ4n) is 3.38. The number of aldehydes is 1. The maximum absolute atomic E-state index is 11.1. The van der Waals surface area contributed by atoms with E-state index >= 15 is 0 Å². The number of carbonyl (C=O) groups is 4. The van der Waals surface area contributed by atoms with E-state index in [-0.39, 0.29) is 26.2 Å². The third kappa shape index (κ3) is 12.2. The number of hydrogen-bond acceptors (Lipinski definition) is 8. The van der Waals surface area contributed by atoms with Gasteiger partial charge in [0.25, 0.3) is 0 Å². The van der Waals surface area contributed by atoms with Crippen LogP contribution in [-0.2, 0) is 19.2 Å². The summed E-state index contributed by atoms with van der Waals surface area (Å²) >= 11 is 0. The highest BCUT2D eigenvalue weighted by atomic mass is 16.4. The number of nitrogens with zero attached hydrogens (tertiary/aromatic N) is 4. The molecule has 11 heteroatoms. The van der Waals surface area contributed by atoms with Gasteiger partial charge in [-0.2, -0.15) is 0 Å². The smallest absolute Gasteiger partial charge is 0.317 e. The zero-order valence-electron chi connectivity index (χ0n) is 16.7. The van der Waals surface area contributed by atoms with Crippen LogP contribution >= 0.6 is 0 Å². The van der Waals surface area contributed by atoms with Crippen molar-refractivity contribution < 1.29 is 34.5 Å². The third-order valence-corrected chi connectivity index (χ3v) is 4.77. The molecule has 166 valence electrons. The minimum Gasteiger partial charge on any atom is -0.480 e. The molecule has 1 heterocycles. The number of carboxylic acid groups (broad SMARTS) is 3. The standard InChI is InChI=1S/C18H32N4O7/c23-12-11-19-3-1-4-21(14-17(26)27)9-10-22(15-18(28)29)6-2-5-20(8-7-19)13-16(24)25/h12H,1-11,13-15H2,(H,24,25)(H,26,27)(H,28,29). The van der Waals surface area contributed by atoms with E-state index in [0.29, 0.717) is 65.2 Å². The van der Waals surface area contributed by atoms with Crippen molar-refractivity contribution in [2.45, 2.75) is 12.8 Å². The van der Waals surface area contributed by atoms with Gasteiger partial charge in [-0.3, -0.25) is 34.0 Å². The van der Waals surface area contributed by atoms with Gasteiger partial charge in [-0.1, -0.05) is 0 Å². The summed E-state index contributed by atoms with van der Waals surface area (Å²) in [5.41, 5.74) is 0. The topological polar surface area (TPSA) is 142 Å². The Labute approximate surface area is 170 Å². The molecule has 0 aromatic carbocycles. The number of carboxylic acids is 3. The molecule has 11 nitrogen and oxygen atoms in total. The Hall–Kier alpha value is -2.08. The van der Waals surface area contributed by atoms with E-state index in [2.05, 4.69) is 0 Å². The molecule has 1 fully saturated rings. The largest absolute Gasteiger partial charge is 0.480 e. The Kier molecular flexibility index (Phi) is 12.0. The Morgan fingerprint density at radius 1 is 0.586 bits per heavy atom. The summed E-state index contributed by atoms with van der Waals surface area (Å²) in [7, 11) is 0. The summed E-state index contributed by atoms with van der Waals surface area (Å²) < 4.78 is 0. The average molecular weight is 416 g/mol. The Morgan fingerprint density at radius 3 is 1.21 bits per heavy atom. The van der Waals surface area contributed by atoms with Gasteiger partial charge in [0.15, 0.2) is 0 Å². The van der Waals surface area contributed by atoms with Gasteiger partial charge >= 0.3 is 17.9 Å². The average Bonchev–Trinajstić information content (AvgIpc) is 2.61. The maximum Gasteiger partial charge on any atom is 0.317 e. The zero-order chi connectivity index (χ0) is 21.6. The van der Waals surface area contributed by atoms with Gasteiger partial charge in [-0.25, -0.2) is 0 Å². The van der Waals surface area contributed by atoms with Crippen molar-refractivity contribution in [1.82, 2.24) is 19.6 Å². The van der Waals surface area contributed by atoms with E-state index in [4.69, 9.17) is 15.3 Å². The minimum atomic E-state index is -0.956. The molecule has 0 aliphatic carbocycles. The van der Waals surface area contributed by atoms with Gasteiger partial charge in [0.2, 0.25) is 0 Å². The molecule has 0 spiro atoms. The Morgan fingerprint density at radius 2 is 0.897 bits per heavy atom. The normalized spacial score (nSPS) is 20.0. The molecule has 0 radical (unpaired) electrons. The monoisotopic (exact) mass is 416 g/mol. The zero-order valence-corrected chi connectivity index (χ0v) is 16.7. The van der Waals surface area contributed by atoms with Crippen molar-refractivity contribution in [3.63, 3.8) is 0 Å². The molecule has 0 bridgehead atoms. The van der Waals surface area contributed by atoms with Crippen LogP contribution in [0.5, 0.6) is 0 Å². The summed E-state index contributed by atoms with van der Waals surface area (Å²) in [6.07, 6.45) is 2.05. The predicted octanol–water partition coefficient (Wildman–Crippen LogP) is -1.56. The predicted molar refractivity (Wildman–Crippen MR) is 104 cm³/mol. The number of carbonyl (C=O) groups excluding carboxylic acids is 1. The molecule has 0 aromatic heterocycles. The highest BCUT2D eigenvalue weighted by molar-refractivity contribution is 5.69. The van der Waals surface area contributed by atoms with Gasteiger partial charge < -0.3 is 20.1 Å². The summed E-state index contributed by atoms with van der Waals surface area (Å²) in [6, 6.07) is 0. The first-order valence-electron chi connectivity index (χ1n) is 9.78. The minimum absolute atomic E-state index is 0.111. The maximum atomic E-state index is 11.1. The van der Waals surface area contributed by atoms with Gasteiger partial charge in [-0.05, 0) is 19.4 Å². The number of aliphatic carboxylic acids is 3.